The molecular weight excluding hydrogens is 591 g/mol. The Morgan fingerprint density at radius 1 is 0.739 bits per heavy atom. The Morgan fingerprint density at radius 3 is 1.91 bits per heavy atom. The van der Waals surface area contributed by atoms with Crippen LogP contribution < -0.4 is 5.32 Å². The van der Waals surface area contributed by atoms with Crippen LogP contribution in [0.4, 0.5) is 4.79 Å². The number of amides is 1. The van der Waals surface area contributed by atoms with E-state index >= 15 is 0 Å². The van der Waals surface area contributed by atoms with Gasteiger partial charge in [-0.1, -0.05) is 146 Å². The fourth-order valence-corrected chi connectivity index (χ4v) is 7.62. The monoisotopic (exact) mass is 625 g/mol. The molecule has 1 aliphatic carbocycles. The molecule has 0 aliphatic heterocycles. The first-order chi connectivity index (χ1) is 22.6. The number of benzene rings is 5. The van der Waals surface area contributed by atoms with Crippen molar-refractivity contribution in [3.63, 3.8) is 0 Å². The Labute approximate surface area is 274 Å². The number of ether oxygens (including phenoxy) is 2. The normalized spacial score (nSPS) is 12.3. The predicted octanol–water partition coefficient (Wildman–Crippen LogP) is 8.31. The number of fused-ring (bicyclic) bond motifs is 3. The summed E-state index contributed by atoms with van der Waals surface area (Å²) in [7, 11) is 0. The maximum Gasteiger partial charge on any atom is 0.408 e. The lowest BCUT2D eigenvalue weighted by Gasteiger charge is -2.36. The van der Waals surface area contributed by atoms with Crippen LogP contribution in [0.25, 0.3) is 11.1 Å². The number of nitrogens with one attached hydrogen (secondary N) is 1. The van der Waals surface area contributed by atoms with Crippen molar-refractivity contribution in [2.45, 2.75) is 23.8 Å². The highest BCUT2D eigenvalue weighted by atomic mass is 32.2. The fraction of sp³-hybridized carbons (Fsp3) is 0.150. The van der Waals surface area contributed by atoms with Crippen molar-refractivity contribution < 1.29 is 19.1 Å². The molecule has 1 N–H and O–H groups in total. The second-order valence-corrected chi connectivity index (χ2v) is 12.3. The second kappa shape index (κ2) is 14.4. The van der Waals surface area contributed by atoms with Crippen LogP contribution in [-0.4, -0.2) is 30.5 Å². The highest BCUT2D eigenvalue weighted by Crippen LogP contribution is 2.48. The summed E-state index contributed by atoms with van der Waals surface area (Å²) >= 11 is 1.57. The Bertz CT molecular complexity index is 1710. The molecule has 0 radical (unpaired) electrons. The molecule has 0 heterocycles. The van der Waals surface area contributed by atoms with Crippen LogP contribution in [0.5, 0.6) is 0 Å². The summed E-state index contributed by atoms with van der Waals surface area (Å²) in [5.74, 6) is -0.330. The molecule has 0 aromatic heterocycles. The number of carbonyl (C=O) groups excluding carboxylic acids is 2. The van der Waals surface area contributed by atoms with Crippen molar-refractivity contribution in [1.82, 2.24) is 5.32 Å². The smallest absolute Gasteiger partial charge is 0.408 e. The van der Waals surface area contributed by atoms with E-state index in [4.69, 9.17) is 9.47 Å². The van der Waals surface area contributed by atoms with Gasteiger partial charge >= 0.3 is 12.1 Å². The zero-order valence-electron chi connectivity index (χ0n) is 25.4. The van der Waals surface area contributed by atoms with Gasteiger partial charge in [0.2, 0.25) is 0 Å². The zero-order valence-corrected chi connectivity index (χ0v) is 26.2. The number of carbonyl (C=O) groups is 2. The maximum atomic E-state index is 13.4. The van der Waals surface area contributed by atoms with Gasteiger partial charge in [0, 0.05) is 5.75 Å². The highest BCUT2D eigenvalue weighted by molar-refractivity contribution is 8.00. The third-order valence-corrected chi connectivity index (χ3v) is 9.87. The minimum Gasteiger partial charge on any atom is -0.460 e. The van der Waals surface area contributed by atoms with Gasteiger partial charge in [0.1, 0.15) is 19.3 Å². The lowest BCUT2D eigenvalue weighted by atomic mass is 9.84. The Morgan fingerprint density at radius 2 is 1.30 bits per heavy atom. The van der Waals surface area contributed by atoms with Crippen molar-refractivity contribution in [2.75, 3.05) is 12.4 Å². The number of hydrogen-bond donors (Lipinski definition) is 1. The van der Waals surface area contributed by atoms with Gasteiger partial charge < -0.3 is 14.8 Å². The quantitative estimate of drug-likeness (QED) is 0.0842. The molecule has 0 saturated heterocycles. The maximum absolute atomic E-state index is 13.4. The van der Waals surface area contributed by atoms with Crippen LogP contribution in [0.2, 0.25) is 0 Å². The summed E-state index contributed by atoms with van der Waals surface area (Å²) in [6.07, 6.45) is 1.62. The molecule has 0 bridgehead atoms. The van der Waals surface area contributed by atoms with Crippen LogP contribution in [0.3, 0.4) is 0 Å². The summed E-state index contributed by atoms with van der Waals surface area (Å²) in [6.45, 7) is 3.80. The van der Waals surface area contributed by atoms with E-state index < -0.39 is 22.9 Å². The van der Waals surface area contributed by atoms with Gasteiger partial charge in [-0.15, -0.1) is 11.8 Å². The van der Waals surface area contributed by atoms with Crippen LogP contribution in [0.15, 0.2) is 146 Å². The van der Waals surface area contributed by atoms with Gasteiger partial charge in [0.25, 0.3) is 0 Å². The minimum absolute atomic E-state index is 0.0363. The van der Waals surface area contributed by atoms with Gasteiger partial charge in [-0.2, -0.15) is 0 Å². The lowest BCUT2D eigenvalue weighted by Crippen LogP contribution is -2.45. The van der Waals surface area contributed by atoms with E-state index in [0.717, 1.165) is 34.2 Å². The molecule has 5 aromatic rings. The van der Waals surface area contributed by atoms with E-state index in [9.17, 15) is 9.59 Å². The average molecular weight is 626 g/mol. The number of rotatable bonds is 12. The molecule has 0 spiro atoms. The second-order valence-electron chi connectivity index (χ2n) is 11.1. The van der Waals surface area contributed by atoms with E-state index in [0.29, 0.717) is 0 Å². The molecule has 6 heteroatoms. The molecule has 6 rings (SSSR count). The number of hydrogen-bond acceptors (Lipinski definition) is 5. The molecule has 0 fully saturated rings. The lowest BCUT2D eigenvalue weighted by molar-refractivity contribution is -0.144. The Balaban J connectivity index is 1.25. The zero-order chi connectivity index (χ0) is 31.8. The molecule has 46 heavy (non-hydrogen) atoms. The minimum atomic E-state index is -0.973. The third kappa shape index (κ3) is 6.49. The molecule has 1 aliphatic rings. The van der Waals surface area contributed by atoms with Gasteiger partial charge in [0.05, 0.1) is 4.75 Å². The molecule has 5 aromatic carbocycles. The van der Waals surface area contributed by atoms with E-state index in [-0.39, 0.29) is 19.0 Å². The topological polar surface area (TPSA) is 64.6 Å². The van der Waals surface area contributed by atoms with Gasteiger partial charge in [-0.05, 0) is 50.9 Å². The van der Waals surface area contributed by atoms with Crippen LogP contribution in [0, 0.1) is 0 Å². The molecule has 5 nitrogen and oxygen atoms in total. The SMILES string of the molecule is C=CCOC(=O)C(CSC(c1ccccc1)(c1ccccc1)c1ccccc1)NC(=O)OCc1cccc2c1Cc1ccccc1-2. The van der Waals surface area contributed by atoms with E-state index in [1.807, 2.05) is 78.9 Å². The number of alkyl carbamates (subject to hydrolysis) is 1. The molecule has 1 amide bonds. The molecule has 1 unspecified atom stereocenters. The molecule has 230 valence electrons. The Hall–Kier alpha value is -5.07. The highest BCUT2D eigenvalue weighted by Gasteiger charge is 2.39. The van der Waals surface area contributed by atoms with E-state index in [1.165, 1.54) is 22.8 Å². The van der Waals surface area contributed by atoms with Crippen molar-refractivity contribution in [3.05, 3.63) is 179 Å². The summed E-state index contributed by atoms with van der Waals surface area (Å²) in [4.78, 5) is 26.7. The summed E-state index contributed by atoms with van der Waals surface area (Å²) in [6, 6.07) is 44.0. The Kier molecular flexibility index (Phi) is 9.65. The van der Waals surface area contributed by atoms with Crippen LogP contribution in [0.1, 0.15) is 33.4 Å². The number of thioether (sulfide) groups is 1. The first-order valence-corrected chi connectivity index (χ1v) is 16.3. The average Bonchev–Trinajstić information content (AvgIpc) is 3.50. The molecule has 1 atom stereocenters. The van der Waals surface area contributed by atoms with Gasteiger partial charge in [-0.25, -0.2) is 9.59 Å². The van der Waals surface area contributed by atoms with Crippen LogP contribution >= 0.6 is 11.8 Å². The van der Waals surface area contributed by atoms with Crippen LogP contribution in [-0.2, 0) is 32.0 Å². The summed E-state index contributed by atoms with van der Waals surface area (Å²) in [5.41, 5.74) is 8.90. The number of esters is 1. The third-order valence-electron chi connectivity index (χ3n) is 8.23. The first kappa shape index (κ1) is 30.9. The van der Waals surface area contributed by atoms with Crippen molar-refractivity contribution in [2.24, 2.45) is 0 Å². The van der Waals surface area contributed by atoms with Crippen molar-refractivity contribution >= 4 is 23.8 Å². The van der Waals surface area contributed by atoms with E-state index in [1.54, 1.807) is 11.8 Å². The standard InChI is InChI=1S/C40H35NO4S/c1-2-25-44-38(42)37(41-39(43)45-27-30-16-14-24-35-34-23-13-12-15-29(34)26-36(30)35)28-46-40(31-17-6-3-7-18-31,32-19-8-4-9-20-32)33-21-10-5-11-22-33/h2-24,37H,1,25-28H2,(H,41,43). The largest absolute Gasteiger partial charge is 0.460 e. The fourth-order valence-electron chi connectivity index (χ4n) is 6.07. The summed E-state index contributed by atoms with van der Waals surface area (Å²) < 4.78 is 10.5. The van der Waals surface area contributed by atoms with Gasteiger partial charge in [0.15, 0.2) is 0 Å². The first-order valence-electron chi connectivity index (χ1n) is 15.3. The van der Waals surface area contributed by atoms with Crippen molar-refractivity contribution in [3.8, 4) is 11.1 Å². The molecule has 0 saturated carbocycles. The van der Waals surface area contributed by atoms with Gasteiger partial charge in [-0.3, -0.25) is 0 Å². The summed E-state index contributed by atoms with van der Waals surface area (Å²) in [5, 5.41) is 2.82. The van der Waals surface area contributed by atoms with Crippen molar-refractivity contribution in [1.29, 1.82) is 0 Å². The molecular formula is C40H35NO4S. The van der Waals surface area contributed by atoms with E-state index in [2.05, 4.69) is 66.5 Å². The predicted molar refractivity (Wildman–Crippen MR) is 185 cm³/mol.